The van der Waals surface area contributed by atoms with E-state index < -0.39 is 0 Å². The van der Waals surface area contributed by atoms with Crippen LogP contribution in [0, 0.1) is 5.92 Å². The molecule has 1 fully saturated rings. The zero-order valence-electron chi connectivity index (χ0n) is 7.09. The summed E-state index contributed by atoms with van der Waals surface area (Å²) in [5, 5.41) is 2.86. The molecule has 1 aliphatic heterocycles. The van der Waals surface area contributed by atoms with Crippen LogP contribution in [0.3, 0.4) is 0 Å². The van der Waals surface area contributed by atoms with Gasteiger partial charge in [-0.15, -0.1) is 0 Å². The summed E-state index contributed by atoms with van der Waals surface area (Å²) < 4.78 is 4.91. The maximum atomic E-state index is 10.9. The van der Waals surface area contributed by atoms with Crippen LogP contribution in [-0.4, -0.2) is 25.7 Å². The minimum atomic E-state index is 0.189. The van der Waals surface area contributed by atoms with Crippen molar-refractivity contribution in [2.45, 2.75) is 25.8 Å². The van der Waals surface area contributed by atoms with Crippen molar-refractivity contribution in [2.24, 2.45) is 5.92 Å². The second-order valence-corrected chi connectivity index (χ2v) is 2.91. The van der Waals surface area contributed by atoms with Gasteiger partial charge >= 0.3 is 0 Å². The predicted molar refractivity (Wildman–Crippen MR) is 42.2 cm³/mol. The van der Waals surface area contributed by atoms with Crippen LogP contribution < -0.4 is 5.32 Å². The molecular formula is C8H15NO2. The van der Waals surface area contributed by atoms with Crippen molar-refractivity contribution in [2.75, 3.05) is 13.7 Å². The molecule has 1 amide bonds. The fraction of sp³-hybridized carbons (Fsp3) is 0.875. The lowest BCUT2D eigenvalue weighted by Gasteiger charge is -2.36. The van der Waals surface area contributed by atoms with Crippen LogP contribution in [0.1, 0.15) is 19.8 Å². The minimum absolute atomic E-state index is 0.189. The predicted octanol–water partition coefficient (Wildman–Crippen LogP) is 0.547. The summed E-state index contributed by atoms with van der Waals surface area (Å²) in [6.45, 7) is 2.78. The lowest BCUT2D eigenvalue weighted by Crippen LogP contribution is -2.57. The third-order valence-corrected chi connectivity index (χ3v) is 2.22. The van der Waals surface area contributed by atoms with Gasteiger partial charge in [-0.25, -0.2) is 0 Å². The summed E-state index contributed by atoms with van der Waals surface area (Å²) in [6, 6.07) is 0.401. The van der Waals surface area contributed by atoms with Crippen LogP contribution >= 0.6 is 0 Å². The van der Waals surface area contributed by atoms with E-state index in [2.05, 4.69) is 12.2 Å². The number of hydrogen-bond acceptors (Lipinski definition) is 2. The van der Waals surface area contributed by atoms with Crippen LogP contribution in [0.2, 0.25) is 0 Å². The van der Waals surface area contributed by atoms with Crippen molar-refractivity contribution in [1.29, 1.82) is 0 Å². The molecule has 1 aliphatic rings. The highest BCUT2D eigenvalue weighted by Gasteiger charge is 2.36. The molecule has 0 aromatic rings. The molecule has 3 heteroatoms. The largest absolute Gasteiger partial charge is 0.385 e. The summed E-state index contributed by atoms with van der Waals surface area (Å²) in [5.41, 5.74) is 0. The van der Waals surface area contributed by atoms with Gasteiger partial charge in [0.25, 0.3) is 0 Å². The van der Waals surface area contributed by atoms with E-state index in [1.165, 1.54) is 0 Å². The summed E-state index contributed by atoms with van der Waals surface area (Å²) in [6.07, 6.45) is 1.89. The van der Waals surface area contributed by atoms with Gasteiger partial charge in [0.1, 0.15) is 0 Å². The van der Waals surface area contributed by atoms with Gasteiger partial charge in [-0.3, -0.25) is 4.79 Å². The smallest absolute Gasteiger partial charge is 0.225 e. The molecule has 0 saturated carbocycles. The molecule has 11 heavy (non-hydrogen) atoms. The van der Waals surface area contributed by atoms with Gasteiger partial charge in [0, 0.05) is 19.8 Å². The Hall–Kier alpha value is -0.570. The molecule has 0 aromatic carbocycles. The van der Waals surface area contributed by atoms with Crippen LogP contribution in [0.4, 0.5) is 0 Å². The molecule has 1 heterocycles. The van der Waals surface area contributed by atoms with E-state index in [9.17, 15) is 4.79 Å². The highest BCUT2D eigenvalue weighted by atomic mass is 16.5. The number of β-lactam (4-membered cyclic amide) rings is 1. The Balaban J connectivity index is 2.24. The zero-order chi connectivity index (χ0) is 8.27. The lowest BCUT2D eigenvalue weighted by molar-refractivity contribution is -0.136. The van der Waals surface area contributed by atoms with E-state index in [1.54, 1.807) is 7.11 Å². The first-order valence-corrected chi connectivity index (χ1v) is 4.09. The number of amides is 1. The van der Waals surface area contributed by atoms with Gasteiger partial charge in [0.2, 0.25) is 5.91 Å². The second-order valence-electron chi connectivity index (χ2n) is 2.91. The van der Waals surface area contributed by atoms with Gasteiger partial charge in [0.05, 0.1) is 5.92 Å². The Morgan fingerprint density at radius 1 is 1.64 bits per heavy atom. The molecule has 1 saturated heterocycles. The number of rotatable bonds is 4. The third-order valence-electron chi connectivity index (χ3n) is 2.22. The van der Waals surface area contributed by atoms with Crippen molar-refractivity contribution < 1.29 is 9.53 Å². The fourth-order valence-electron chi connectivity index (χ4n) is 1.44. The van der Waals surface area contributed by atoms with Crippen molar-refractivity contribution >= 4 is 5.91 Å². The molecule has 0 aliphatic carbocycles. The van der Waals surface area contributed by atoms with Crippen molar-refractivity contribution in [1.82, 2.24) is 5.32 Å². The summed E-state index contributed by atoms with van der Waals surface area (Å²) >= 11 is 0. The molecule has 0 spiro atoms. The van der Waals surface area contributed by atoms with Gasteiger partial charge < -0.3 is 10.1 Å². The Kier molecular flexibility index (Phi) is 2.88. The molecule has 2 unspecified atom stereocenters. The normalized spacial score (nSPS) is 29.5. The highest BCUT2D eigenvalue weighted by molar-refractivity contribution is 5.85. The van der Waals surface area contributed by atoms with Crippen molar-refractivity contribution in [3.05, 3.63) is 0 Å². The maximum Gasteiger partial charge on any atom is 0.225 e. The number of carbonyl (C=O) groups excluding carboxylic acids is 1. The van der Waals surface area contributed by atoms with Crippen molar-refractivity contribution in [3.8, 4) is 0 Å². The molecule has 1 rings (SSSR count). The van der Waals surface area contributed by atoms with Gasteiger partial charge in [-0.05, 0) is 12.8 Å². The van der Waals surface area contributed by atoms with Gasteiger partial charge in [-0.2, -0.15) is 0 Å². The average Bonchev–Trinajstić information content (AvgIpc) is 2.00. The highest BCUT2D eigenvalue weighted by Crippen LogP contribution is 2.20. The van der Waals surface area contributed by atoms with Crippen LogP contribution in [-0.2, 0) is 9.53 Å². The van der Waals surface area contributed by atoms with Crippen molar-refractivity contribution in [3.63, 3.8) is 0 Å². The molecule has 1 N–H and O–H groups in total. The number of carbonyl (C=O) groups is 1. The fourth-order valence-corrected chi connectivity index (χ4v) is 1.44. The maximum absolute atomic E-state index is 10.9. The number of hydrogen-bond donors (Lipinski definition) is 1. The van der Waals surface area contributed by atoms with Crippen LogP contribution in [0.5, 0.6) is 0 Å². The zero-order valence-corrected chi connectivity index (χ0v) is 7.09. The Labute approximate surface area is 67.1 Å². The molecule has 0 radical (unpaired) electrons. The number of methoxy groups -OCH3 is 1. The summed E-state index contributed by atoms with van der Waals surface area (Å²) in [4.78, 5) is 10.9. The monoisotopic (exact) mass is 157 g/mol. The second kappa shape index (κ2) is 3.72. The van der Waals surface area contributed by atoms with Gasteiger partial charge in [-0.1, -0.05) is 6.92 Å². The SMILES string of the molecule is CCC1NC(=O)C1CCOC. The third kappa shape index (κ3) is 1.71. The van der Waals surface area contributed by atoms with E-state index in [4.69, 9.17) is 4.74 Å². The van der Waals surface area contributed by atoms with Gasteiger partial charge in [0.15, 0.2) is 0 Å². The number of ether oxygens (including phenoxy) is 1. The quantitative estimate of drug-likeness (QED) is 0.605. The summed E-state index contributed by atoms with van der Waals surface area (Å²) in [7, 11) is 1.66. The Morgan fingerprint density at radius 3 is 2.82 bits per heavy atom. The standard InChI is InChI=1S/C8H15NO2/c1-3-7-6(4-5-11-2)8(10)9-7/h6-7H,3-5H2,1-2H3,(H,9,10). The van der Waals surface area contributed by atoms with Crippen LogP contribution in [0.15, 0.2) is 0 Å². The van der Waals surface area contributed by atoms with E-state index in [0.29, 0.717) is 12.6 Å². The Morgan fingerprint density at radius 2 is 2.36 bits per heavy atom. The van der Waals surface area contributed by atoms with E-state index in [0.717, 1.165) is 12.8 Å². The molecule has 3 nitrogen and oxygen atoms in total. The number of nitrogens with one attached hydrogen (secondary N) is 1. The first kappa shape index (κ1) is 8.53. The van der Waals surface area contributed by atoms with Crippen LogP contribution in [0.25, 0.3) is 0 Å². The van der Waals surface area contributed by atoms with E-state index >= 15 is 0 Å². The molecule has 64 valence electrons. The van der Waals surface area contributed by atoms with E-state index in [1.807, 2.05) is 0 Å². The topological polar surface area (TPSA) is 38.3 Å². The average molecular weight is 157 g/mol. The minimum Gasteiger partial charge on any atom is -0.385 e. The van der Waals surface area contributed by atoms with E-state index in [-0.39, 0.29) is 11.8 Å². The molecule has 0 aromatic heterocycles. The molecule has 0 bridgehead atoms. The molecular weight excluding hydrogens is 142 g/mol. The lowest BCUT2D eigenvalue weighted by atomic mass is 9.86. The first-order chi connectivity index (χ1) is 5.29. The Bertz CT molecular complexity index is 147. The summed E-state index contributed by atoms with van der Waals surface area (Å²) in [5.74, 6) is 0.397. The molecule has 2 atom stereocenters. The first-order valence-electron chi connectivity index (χ1n) is 4.09.